The summed E-state index contributed by atoms with van der Waals surface area (Å²) < 4.78 is 5.57. The van der Waals surface area contributed by atoms with Gasteiger partial charge in [0, 0.05) is 4.90 Å². The molecule has 1 N–H and O–H groups in total. The molecule has 0 spiro atoms. The molecule has 1 amide bonds. The molecule has 4 heteroatoms. The minimum Gasteiger partial charge on any atom is -0.491 e. The predicted octanol–water partition coefficient (Wildman–Crippen LogP) is 2.52. The molecule has 0 fully saturated rings. The maximum absolute atomic E-state index is 11.3. The normalized spacial score (nSPS) is 14.3. The van der Waals surface area contributed by atoms with Crippen LogP contribution in [0.5, 0.6) is 5.75 Å². The number of rotatable bonds is 3. The average molecular weight is 223 g/mol. The zero-order chi connectivity index (χ0) is 10.7. The van der Waals surface area contributed by atoms with Crippen LogP contribution in [-0.4, -0.2) is 18.3 Å². The third-order valence-electron chi connectivity index (χ3n) is 2.07. The van der Waals surface area contributed by atoms with Crippen molar-refractivity contribution in [1.82, 2.24) is 0 Å². The highest BCUT2D eigenvalue weighted by Gasteiger charge is 2.18. The lowest BCUT2D eigenvalue weighted by molar-refractivity contribution is -0.113. The third kappa shape index (κ3) is 2.26. The molecule has 1 aromatic rings. The van der Waals surface area contributed by atoms with E-state index in [9.17, 15) is 4.79 Å². The van der Waals surface area contributed by atoms with Crippen LogP contribution in [0.4, 0.5) is 5.69 Å². The predicted molar refractivity (Wildman–Crippen MR) is 61.6 cm³/mol. The van der Waals surface area contributed by atoms with E-state index in [4.69, 9.17) is 4.74 Å². The Hall–Kier alpha value is -1.16. The second-order valence-electron chi connectivity index (χ2n) is 3.31. The molecule has 15 heavy (non-hydrogen) atoms. The number of anilines is 1. The van der Waals surface area contributed by atoms with Gasteiger partial charge in [0.1, 0.15) is 5.75 Å². The number of hydrogen-bond acceptors (Lipinski definition) is 3. The lowest BCUT2D eigenvalue weighted by atomic mass is 10.3. The van der Waals surface area contributed by atoms with Crippen LogP contribution < -0.4 is 10.1 Å². The van der Waals surface area contributed by atoms with Crippen LogP contribution in [0.25, 0.3) is 0 Å². The smallest absolute Gasteiger partial charge is 0.234 e. The van der Waals surface area contributed by atoms with Gasteiger partial charge >= 0.3 is 0 Å². The fraction of sp³-hybridized carbons (Fsp3) is 0.364. The van der Waals surface area contributed by atoms with E-state index in [1.54, 1.807) is 11.8 Å². The van der Waals surface area contributed by atoms with Crippen molar-refractivity contribution in [3.05, 3.63) is 18.2 Å². The topological polar surface area (TPSA) is 38.3 Å². The summed E-state index contributed by atoms with van der Waals surface area (Å²) in [6, 6.07) is 5.84. The van der Waals surface area contributed by atoms with Crippen LogP contribution in [0, 0.1) is 0 Å². The minimum absolute atomic E-state index is 0.0417. The van der Waals surface area contributed by atoms with Gasteiger partial charge in [0.05, 0.1) is 18.0 Å². The van der Waals surface area contributed by atoms with E-state index in [2.05, 4.69) is 12.2 Å². The molecule has 1 heterocycles. The first-order valence-corrected chi connectivity index (χ1v) is 5.98. The Bertz CT molecular complexity index is 379. The zero-order valence-corrected chi connectivity index (χ0v) is 9.39. The number of para-hydroxylation sites is 1. The van der Waals surface area contributed by atoms with E-state index in [-0.39, 0.29) is 5.91 Å². The molecule has 3 nitrogen and oxygen atoms in total. The maximum atomic E-state index is 11.3. The Morgan fingerprint density at radius 1 is 1.53 bits per heavy atom. The van der Waals surface area contributed by atoms with Gasteiger partial charge in [0.25, 0.3) is 0 Å². The number of thioether (sulfide) groups is 1. The van der Waals surface area contributed by atoms with E-state index in [1.807, 2.05) is 18.2 Å². The van der Waals surface area contributed by atoms with Crippen molar-refractivity contribution in [1.29, 1.82) is 0 Å². The lowest BCUT2D eigenvalue weighted by Gasteiger charge is -2.19. The molecule has 1 aliphatic heterocycles. The molecular weight excluding hydrogens is 210 g/mol. The van der Waals surface area contributed by atoms with E-state index >= 15 is 0 Å². The number of ether oxygens (including phenoxy) is 1. The van der Waals surface area contributed by atoms with Gasteiger partial charge in [-0.3, -0.25) is 4.79 Å². The number of carbonyl (C=O) groups is 1. The van der Waals surface area contributed by atoms with Gasteiger partial charge in [0.2, 0.25) is 5.91 Å². The van der Waals surface area contributed by atoms with Crippen LogP contribution in [0.2, 0.25) is 0 Å². The standard InChI is InChI=1S/C11H13NO2S/c1-2-6-14-8-4-3-5-9-11(8)12-10(13)7-15-9/h3-5H,2,6-7H2,1H3,(H,12,13). The van der Waals surface area contributed by atoms with Gasteiger partial charge in [-0.2, -0.15) is 0 Å². The molecule has 1 aliphatic rings. The molecule has 80 valence electrons. The minimum atomic E-state index is 0.0417. The van der Waals surface area contributed by atoms with Gasteiger partial charge in [-0.1, -0.05) is 13.0 Å². The Morgan fingerprint density at radius 2 is 2.40 bits per heavy atom. The number of amides is 1. The molecule has 0 aliphatic carbocycles. The number of fused-ring (bicyclic) bond motifs is 1. The summed E-state index contributed by atoms with van der Waals surface area (Å²) in [6.45, 7) is 2.74. The molecule has 0 unspecified atom stereocenters. The molecule has 0 radical (unpaired) electrons. The Kier molecular flexibility index (Phi) is 3.16. The van der Waals surface area contributed by atoms with Gasteiger partial charge in [0.15, 0.2) is 0 Å². The summed E-state index contributed by atoms with van der Waals surface area (Å²) in [4.78, 5) is 12.4. The molecule has 1 aromatic carbocycles. The first-order valence-electron chi connectivity index (χ1n) is 4.99. The average Bonchev–Trinajstić information content (AvgIpc) is 2.26. The second kappa shape index (κ2) is 4.57. The van der Waals surface area contributed by atoms with Crippen LogP contribution in [0.15, 0.2) is 23.1 Å². The van der Waals surface area contributed by atoms with Gasteiger partial charge in [-0.15, -0.1) is 11.8 Å². The summed E-state index contributed by atoms with van der Waals surface area (Å²) in [5, 5.41) is 2.85. The molecular formula is C11H13NO2S. The van der Waals surface area contributed by atoms with Crippen LogP contribution >= 0.6 is 11.8 Å². The largest absolute Gasteiger partial charge is 0.491 e. The highest BCUT2D eigenvalue weighted by atomic mass is 32.2. The van der Waals surface area contributed by atoms with Crippen molar-refractivity contribution in [2.45, 2.75) is 18.2 Å². The highest BCUT2D eigenvalue weighted by molar-refractivity contribution is 8.00. The summed E-state index contributed by atoms with van der Waals surface area (Å²) in [6.07, 6.45) is 0.963. The van der Waals surface area contributed by atoms with Crippen molar-refractivity contribution in [3.63, 3.8) is 0 Å². The number of carbonyl (C=O) groups excluding carboxylic acids is 1. The molecule has 0 saturated carbocycles. The second-order valence-corrected chi connectivity index (χ2v) is 4.33. The summed E-state index contributed by atoms with van der Waals surface area (Å²) in [5.74, 6) is 1.31. The number of benzene rings is 1. The van der Waals surface area contributed by atoms with E-state index in [0.29, 0.717) is 12.4 Å². The first kappa shape index (κ1) is 10.4. The van der Waals surface area contributed by atoms with Crippen molar-refractivity contribution in [3.8, 4) is 5.75 Å². The van der Waals surface area contributed by atoms with Crippen molar-refractivity contribution >= 4 is 23.4 Å². The van der Waals surface area contributed by atoms with E-state index < -0.39 is 0 Å². The van der Waals surface area contributed by atoms with E-state index in [1.165, 1.54) is 0 Å². The molecule has 0 aromatic heterocycles. The van der Waals surface area contributed by atoms with Crippen molar-refractivity contribution < 1.29 is 9.53 Å². The van der Waals surface area contributed by atoms with Crippen LogP contribution in [0.3, 0.4) is 0 Å². The lowest BCUT2D eigenvalue weighted by Crippen LogP contribution is -2.19. The number of nitrogens with one attached hydrogen (secondary N) is 1. The monoisotopic (exact) mass is 223 g/mol. The van der Waals surface area contributed by atoms with Gasteiger partial charge in [-0.25, -0.2) is 0 Å². The van der Waals surface area contributed by atoms with Crippen molar-refractivity contribution in [2.75, 3.05) is 17.7 Å². The SMILES string of the molecule is CCCOc1cccc2c1NC(=O)CS2. The Labute approximate surface area is 93.2 Å². The summed E-state index contributed by atoms with van der Waals surface area (Å²) in [7, 11) is 0. The van der Waals surface area contributed by atoms with Crippen LogP contribution in [-0.2, 0) is 4.79 Å². The highest BCUT2D eigenvalue weighted by Crippen LogP contribution is 2.38. The van der Waals surface area contributed by atoms with Crippen LogP contribution in [0.1, 0.15) is 13.3 Å². The summed E-state index contributed by atoms with van der Waals surface area (Å²) >= 11 is 1.55. The fourth-order valence-corrected chi connectivity index (χ4v) is 2.24. The number of hydrogen-bond donors (Lipinski definition) is 1. The quantitative estimate of drug-likeness (QED) is 0.855. The summed E-state index contributed by atoms with van der Waals surface area (Å²) in [5.41, 5.74) is 0.826. The van der Waals surface area contributed by atoms with E-state index in [0.717, 1.165) is 22.8 Å². The first-order chi connectivity index (χ1) is 7.31. The maximum Gasteiger partial charge on any atom is 0.234 e. The molecule has 0 saturated heterocycles. The molecule has 0 atom stereocenters. The Balaban J connectivity index is 2.27. The third-order valence-corrected chi connectivity index (χ3v) is 3.13. The fourth-order valence-electron chi connectivity index (χ4n) is 1.41. The van der Waals surface area contributed by atoms with Crippen molar-refractivity contribution in [2.24, 2.45) is 0 Å². The zero-order valence-electron chi connectivity index (χ0n) is 8.58. The van der Waals surface area contributed by atoms with Gasteiger partial charge in [-0.05, 0) is 18.6 Å². The van der Waals surface area contributed by atoms with Gasteiger partial charge < -0.3 is 10.1 Å². The Morgan fingerprint density at radius 3 is 3.20 bits per heavy atom. The molecule has 0 bridgehead atoms. The molecule has 2 rings (SSSR count).